The second-order valence-electron chi connectivity index (χ2n) is 5.37. The van der Waals surface area contributed by atoms with E-state index in [-0.39, 0.29) is 5.91 Å². The Bertz CT molecular complexity index is 427. The largest absolute Gasteiger partial charge is 0.349 e. The van der Waals surface area contributed by atoms with Crippen LogP contribution in [0.3, 0.4) is 0 Å². The van der Waals surface area contributed by atoms with E-state index in [2.05, 4.69) is 28.2 Å². The minimum absolute atomic E-state index is 0.0462. The van der Waals surface area contributed by atoms with Gasteiger partial charge in [0, 0.05) is 10.5 Å². The van der Waals surface area contributed by atoms with Crippen LogP contribution in [0.4, 0.5) is 0 Å². The van der Waals surface area contributed by atoms with Crippen molar-refractivity contribution >= 4 is 21.8 Å². The van der Waals surface area contributed by atoms with Gasteiger partial charge in [0.1, 0.15) is 0 Å². The summed E-state index contributed by atoms with van der Waals surface area (Å²) in [4.78, 5) is 12.3. The molecule has 0 radical (unpaired) electrons. The van der Waals surface area contributed by atoms with Gasteiger partial charge in [0.15, 0.2) is 0 Å². The molecule has 0 aliphatic heterocycles. The van der Waals surface area contributed by atoms with Crippen molar-refractivity contribution in [2.75, 3.05) is 0 Å². The molecule has 0 bridgehead atoms. The lowest BCUT2D eigenvalue weighted by molar-refractivity contribution is 0.0910. The Morgan fingerprint density at radius 3 is 2.63 bits per heavy atom. The number of rotatable bonds is 4. The maximum atomic E-state index is 12.3. The fourth-order valence-corrected chi connectivity index (χ4v) is 3.45. The molecule has 0 spiro atoms. The van der Waals surface area contributed by atoms with E-state index in [1.54, 1.807) is 0 Å². The Kier molecular flexibility index (Phi) is 5.44. The summed E-state index contributed by atoms with van der Waals surface area (Å²) >= 11 is 3.44. The molecule has 1 unspecified atom stereocenters. The number of benzene rings is 1. The molecule has 0 aromatic heterocycles. The lowest BCUT2D eigenvalue weighted by Crippen LogP contribution is -2.40. The van der Waals surface area contributed by atoms with Crippen molar-refractivity contribution in [2.24, 2.45) is 5.92 Å². The zero-order chi connectivity index (χ0) is 13.7. The van der Waals surface area contributed by atoms with Crippen LogP contribution < -0.4 is 5.32 Å². The van der Waals surface area contributed by atoms with Gasteiger partial charge in [0.2, 0.25) is 0 Å². The third kappa shape index (κ3) is 3.82. The summed E-state index contributed by atoms with van der Waals surface area (Å²) in [5, 5.41) is 3.22. The van der Waals surface area contributed by atoms with E-state index in [1.807, 2.05) is 24.3 Å². The maximum absolute atomic E-state index is 12.3. The third-order valence-corrected chi connectivity index (χ3v) is 4.79. The SMILES string of the molecule is CCC(NC(=O)c1ccccc1Br)C1CCCCC1. The van der Waals surface area contributed by atoms with Gasteiger partial charge in [-0.05, 0) is 53.2 Å². The van der Waals surface area contributed by atoms with Crippen LogP contribution in [0.15, 0.2) is 28.7 Å². The first-order chi connectivity index (χ1) is 9.22. The van der Waals surface area contributed by atoms with Gasteiger partial charge in [-0.1, -0.05) is 38.3 Å². The van der Waals surface area contributed by atoms with Crippen LogP contribution in [0, 0.1) is 5.92 Å². The molecule has 1 amide bonds. The fraction of sp³-hybridized carbons (Fsp3) is 0.562. The highest BCUT2D eigenvalue weighted by Gasteiger charge is 2.24. The molecule has 1 aliphatic rings. The van der Waals surface area contributed by atoms with E-state index in [0.29, 0.717) is 12.0 Å². The monoisotopic (exact) mass is 323 g/mol. The number of carbonyl (C=O) groups is 1. The topological polar surface area (TPSA) is 29.1 Å². The van der Waals surface area contributed by atoms with Crippen LogP contribution >= 0.6 is 15.9 Å². The van der Waals surface area contributed by atoms with Gasteiger partial charge >= 0.3 is 0 Å². The zero-order valence-corrected chi connectivity index (χ0v) is 13.1. The van der Waals surface area contributed by atoms with Gasteiger partial charge < -0.3 is 5.32 Å². The summed E-state index contributed by atoms with van der Waals surface area (Å²) in [6.07, 6.45) is 7.51. The van der Waals surface area contributed by atoms with Crippen LogP contribution in [0.5, 0.6) is 0 Å². The molecular formula is C16H22BrNO. The molecule has 0 saturated heterocycles. The van der Waals surface area contributed by atoms with E-state index < -0.39 is 0 Å². The molecule has 1 N–H and O–H groups in total. The molecule has 1 aliphatic carbocycles. The first-order valence-electron chi connectivity index (χ1n) is 7.27. The van der Waals surface area contributed by atoms with Crippen molar-refractivity contribution in [3.63, 3.8) is 0 Å². The van der Waals surface area contributed by atoms with Gasteiger partial charge in [-0.2, -0.15) is 0 Å². The second kappa shape index (κ2) is 7.09. The average molecular weight is 324 g/mol. The van der Waals surface area contributed by atoms with Crippen LogP contribution in [-0.4, -0.2) is 11.9 Å². The molecule has 2 nitrogen and oxygen atoms in total. The van der Waals surface area contributed by atoms with E-state index in [0.717, 1.165) is 16.5 Å². The molecule has 1 aromatic rings. The van der Waals surface area contributed by atoms with E-state index >= 15 is 0 Å². The molecule has 1 aromatic carbocycles. The Balaban J connectivity index is 2.01. The first kappa shape index (κ1) is 14.6. The number of nitrogens with one attached hydrogen (secondary N) is 1. The van der Waals surface area contributed by atoms with Gasteiger partial charge in [-0.25, -0.2) is 0 Å². The van der Waals surface area contributed by atoms with Crippen molar-refractivity contribution in [1.29, 1.82) is 0 Å². The summed E-state index contributed by atoms with van der Waals surface area (Å²) in [6, 6.07) is 7.93. The summed E-state index contributed by atoms with van der Waals surface area (Å²) in [7, 11) is 0. The standard InChI is InChI=1S/C16H22BrNO/c1-2-15(12-8-4-3-5-9-12)18-16(19)13-10-6-7-11-14(13)17/h6-7,10-12,15H,2-5,8-9H2,1H3,(H,18,19). The smallest absolute Gasteiger partial charge is 0.252 e. The zero-order valence-electron chi connectivity index (χ0n) is 11.5. The quantitative estimate of drug-likeness (QED) is 0.866. The minimum atomic E-state index is 0.0462. The molecule has 1 saturated carbocycles. The van der Waals surface area contributed by atoms with Crippen molar-refractivity contribution in [1.82, 2.24) is 5.32 Å². The molecule has 2 rings (SSSR count). The summed E-state index contributed by atoms with van der Waals surface area (Å²) in [5.41, 5.74) is 0.733. The second-order valence-corrected chi connectivity index (χ2v) is 6.22. The lowest BCUT2D eigenvalue weighted by Gasteiger charge is -2.30. The van der Waals surface area contributed by atoms with Crippen LogP contribution in [-0.2, 0) is 0 Å². The van der Waals surface area contributed by atoms with Gasteiger partial charge in [-0.3, -0.25) is 4.79 Å². The van der Waals surface area contributed by atoms with E-state index in [1.165, 1.54) is 32.1 Å². The predicted molar refractivity (Wildman–Crippen MR) is 82.3 cm³/mol. The highest BCUT2D eigenvalue weighted by atomic mass is 79.9. The Labute approximate surface area is 124 Å². The van der Waals surface area contributed by atoms with Crippen LogP contribution in [0.1, 0.15) is 55.8 Å². The predicted octanol–water partition coefficient (Wildman–Crippen LogP) is 4.54. The van der Waals surface area contributed by atoms with E-state index in [9.17, 15) is 4.79 Å². The molecular weight excluding hydrogens is 302 g/mol. The summed E-state index contributed by atoms with van der Waals surface area (Å²) in [5.74, 6) is 0.704. The average Bonchev–Trinajstić information content (AvgIpc) is 2.46. The minimum Gasteiger partial charge on any atom is -0.349 e. The van der Waals surface area contributed by atoms with Crippen molar-refractivity contribution < 1.29 is 4.79 Å². The number of halogens is 1. The Morgan fingerprint density at radius 1 is 1.32 bits per heavy atom. The highest BCUT2D eigenvalue weighted by Crippen LogP contribution is 2.28. The Hall–Kier alpha value is -0.830. The van der Waals surface area contributed by atoms with Gasteiger partial charge in [0.25, 0.3) is 5.91 Å². The Morgan fingerprint density at radius 2 is 2.00 bits per heavy atom. The molecule has 0 heterocycles. The number of hydrogen-bond donors (Lipinski definition) is 1. The number of hydrogen-bond acceptors (Lipinski definition) is 1. The van der Waals surface area contributed by atoms with Gasteiger partial charge in [-0.15, -0.1) is 0 Å². The molecule has 3 heteroatoms. The van der Waals surface area contributed by atoms with Crippen LogP contribution in [0.25, 0.3) is 0 Å². The highest BCUT2D eigenvalue weighted by molar-refractivity contribution is 9.10. The van der Waals surface area contributed by atoms with Crippen LogP contribution in [0.2, 0.25) is 0 Å². The molecule has 104 valence electrons. The molecule has 1 atom stereocenters. The lowest BCUT2D eigenvalue weighted by atomic mass is 9.83. The first-order valence-corrected chi connectivity index (χ1v) is 8.07. The van der Waals surface area contributed by atoms with Crippen molar-refractivity contribution in [3.05, 3.63) is 34.3 Å². The molecule has 1 fully saturated rings. The number of amides is 1. The van der Waals surface area contributed by atoms with Crippen molar-refractivity contribution in [2.45, 2.75) is 51.5 Å². The maximum Gasteiger partial charge on any atom is 0.252 e. The van der Waals surface area contributed by atoms with E-state index in [4.69, 9.17) is 0 Å². The van der Waals surface area contributed by atoms with Crippen molar-refractivity contribution in [3.8, 4) is 0 Å². The molecule has 19 heavy (non-hydrogen) atoms. The third-order valence-electron chi connectivity index (χ3n) is 4.09. The summed E-state index contributed by atoms with van der Waals surface area (Å²) < 4.78 is 0.867. The summed E-state index contributed by atoms with van der Waals surface area (Å²) in [6.45, 7) is 2.17. The van der Waals surface area contributed by atoms with Gasteiger partial charge in [0.05, 0.1) is 5.56 Å². The normalized spacial score (nSPS) is 18.0. The number of carbonyl (C=O) groups excluding carboxylic acids is 1. The fourth-order valence-electron chi connectivity index (χ4n) is 2.98.